The Morgan fingerprint density at radius 1 is 1.54 bits per heavy atom. The van der Waals surface area contributed by atoms with E-state index in [1.165, 1.54) is 19.3 Å². The van der Waals surface area contributed by atoms with Crippen LogP contribution < -0.4 is 0 Å². The molecule has 76 valence electrons. The summed E-state index contributed by atoms with van der Waals surface area (Å²) in [5.74, 6) is 1.50. The maximum absolute atomic E-state index is 6.22. The summed E-state index contributed by atoms with van der Waals surface area (Å²) >= 11 is 6.22. The zero-order chi connectivity index (χ0) is 9.90. The van der Waals surface area contributed by atoms with Crippen LogP contribution in [0.5, 0.6) is 0 Å². The first kappa shape index (κ1) is 11.1. The minimum absolute atomic E-state index is 0.0370. The Hall–Kier alpha value is 0.0300. The van der Waals surface area contributed by atoms with Gasteiger partial charge in [-0.1, -0.05) is 19.1 Å². The summed E-state index contributed by atoms with van der Waals surface area (Å²) in [6, 6.07) is 0. The van der Waals surface area contributed by atoms with Gasteiger partial charge in [-0.3, -0.25) is 0 Å². The topological polar surface area (TPSA) is 0 Å². The Labute approximate surface area is 87.4 Å². The number of hydrogen-bond donors (Lipinski definition) is 0. The van der Waals surface area contributed by atoms with Gasteiger partial charge in [0.15, 0.2) is 0 Å². The molecule has 1 aliphatic rings. The first-order valence-corrected chi connectivity index (χ1v) is 5.72. The van der Waals surface area contributed by atoms with Gasteiger partial charge in [0.05, 0.1) is 0 Å². The summed E-state index contributed by atoms with van der Waals surface area (Å²) in [6.45, 7) is 6.54. The van der Waals surface area contributed by atoms with Crippen molar-refractivity contribution in [2.75, 3.05) is 0 Å². The van der Waals surface area contributed by atoms with E-state index in [0.29, 0.717) is 0 Å². The molecule has 0 nitrogen and oxygen atoms in total. The fraction of sp³-hybridized carbons (Fsp3) is 0.833. The monoisotopic (exact) mass is 200 g/mol. The van der Waals surface area contributed by atoms with Crippen molar-refractivity contribution in [2.45, 2.75) is 51.3 Å². The highest BCUT2D eigenvalue weighted by atomic mass is 35.5. The Bertz CT molecular complexity index is 176. The van der Waals surface area contributed by atoms with Gasteiger partial charge in [-0.25, -0.2) is 0 Å². The molecule has 0 N–H and O–H groups in total. The predicted molar refractivity (Wildman–Crippen MR) is 60.2 cm³/mol. The minimum Gasteiger partial charge on any atom is -0.120 e. The molecule has 0 aromatic rings. The van der Waals surface area contributed by atoms with Crippen LogP contribution in [-0.4, -0.2) is 4.87 Å². The number of hydrogen-bond acceptors (Lipinski definition) is 0. The summed E-state index contributed by atoms with van der Waals surface area (Å²) < 4.78 is 0. The van der Waals surface area contributed by atoms with Gasteiger partial charge >= 0.3 is 0 Å². The Morgan fingerprint density at radius 2 is 2.23 bits per heavy atom. The Balaban J connectivity index is 2.42. The molecule has 0 bridgehead atoms. The molecule has 0 aromatic carbocycles. The molecule has 0 heterocycles. The minimum atomic E-state index is -0.0370. The van der Waals surface area contributed by atoms with Crippen LogP contribution in [0.4, 0.5) is 0 Å². The second kappa shape index (κ2) is 4.50. The molecule has 1 aliphatic carbocycles. The lowest BCUT2D eigenvalue weighted by Gasteiger charge is -2.28. The third kappa shape index (κ3) is 4.17. The summed E-state index contributed by atoms with van der Waals surface area (Å²) in [5.41, 5.74) is 0. The maximum Gasteiger partial charge on any atom is 0.0393 e. The van der Waals surface area contributed by atoms with E-state index >= 15 is 0 Å². The average Bonchev–Trinajstić information content (AvgIpc) is 2.03. The summed E-state index contributed by atoms with van der Waals surface area (Å²) in [5, 5.41) is 0. The van der Waals surface area contributed by atoms with Crippen LogP contribution in [0, 0.1) is 11.8 Å². The first-order valence-electron chi connectivity index (χ1n) is 5.34. The van der Waals surface area contributed by atoms with Gasteiger partial charge in [0.2, 0.25) is 0 Å². The van der Waals surface area contributed by atoms with Crippen molar-refractivity contribution >= 4 is 11.6 Å². The fourth-order valence-corrected chi connectivity index (χ4v) is 2.47. The highest BCUT2D eigenvalue weighted by Crippen LogP contribution is 2.32. The first-order chi connectivity index (χ1) is 5.99. The number of halogens is 1. The largest absolute Gasteiger partial charge is 0.120 e. The number of rotatable bonds is 3. The second-order valence-corrected chi connectivity index (χ2v) is 5.95. The van der Waals surface area contributed by atoms with E-state index in [1.807, 2.05) is 0 Å². The lowest BCUT2D eigenvalue weighted by atomic mass is 9.81. The molecule has 0 amide bonds. The third-order valence-electron chi connectivity index (χ3n) is 2.83. The van der Waals surface area contributed by atoms with Crippen LogP contribution in [0.1, 0.15) is 46.5 Å². The van der Waals surface area contributed by atoms with Crippen LogP contribution in [0.15, 0.2) is 12.2 Å². The SMILES string of the molecule is CC(CC(C)(C)Cl)C1C=CCCC1. The molecular weight excluding hydrogens is 180 g/mol. The summed E-state index contributed by atoms with van der Waals surface area (Å²) in [4.78, 5) is -0.0370. The molecule has 0 spiro atoms. The van der Waals surface area contributed by atoms with Gasteiger partial charge < -0.3 is 0 Å². The van der Waals surface area contributed by atoms with E-state index < -0.39 is 0 Å². The van der Waals surface area contributed by atoms with Crippen molar-refractivity contribution in [1.82, 2.24) is 0 Å². The van der Waals surface area contributed by atoms with E-state index in [9.17, 15) is 0 Å². The molecule has 1 rings (SSSR count). The normalized spacial score (nSPS) is 26.0. The Kier molecular flexibility index (Phi) is 3.85. The molecule has 2 atom stereocenters. The maximum atomic E-state index is 6.22. The molecule has 0 saturated heterocycles. The average molecular weight is 201 g/mol. The highest BCUT2D eigenvalue weighted by Gasteiger charge is 2.23. The van der Waals surface area contributed by atoms with Crippen molar-refractivity contribution in [3.05, 3.63) is 12.2 Å². The van der Waals surface area contributed by atoms with Gasteiger partial charge in [-0.2, -0.15) is 0 Å². The van der Waals surface area contributed by atoms with Crippen molar-refractivity contribution in [2.24, 2.45) is 11.8 Å². The van der Waals surface area contributed by atoms with Crippen LogP contribution in [0.25, 0.3) is 0 Å². The van der Waals surface area contributed by atoms with E-state index in [-0.39, 0.29) is 4.87 Å². The molecular formula is C12H21Cl. The highest BCUT2D eigenvalue weighted by molar-refractivity contribution is 6.23. The predicted octanol–water partition coefficient (Wildman–Crippen LogP) is 4.39. The fourth-order valence-electron chi connectivity index (χ4n) is 2.23. The molecule has 13 heavy (non-hydrogen) atoms. The van der Waals surface area contributed by atoms with E-state index in [1.54, 1.807) is 0 Å². The van der Waals surface area contributed by atoms with Crippen LogP contribution in [0.2, 0.25) is 0 Å². The zero-order valence-corrected chi connectivity index (χ0v) is 9.77. The molecule has 1 heteroatoms. The van der Waals surface area contributed by atoms with Gasteiger partial charge in [-0.05, 0) is 51.4 Å². The quantitative estimate of drug-likeness (QED) is 0.469. The molecule has 0 aliphatic heterocycles. The number of alkyl halides is 1. The van der Waals surface area contributed by atoms with E-state index in [0.717, 1.165) is 18.3 Å². The molecule has 0 aromatic heterocycles. The molecule has 0 fully saturated rings. The smallest absolute Gasteiger partial charge is 0.0393 e. The van der Waals surface area contributed by atoms with E-state index in [4.69, 9.17) is 11.6 Å². The lowest BCUT2D eigenvalue weighted by molar-refractivity contribution is 0.336. The molecule has 2 unspecified atom stereocenters. The summed E-state index contributed by atoms with van der Waals surface area (Å²) in [7, 11) is 0. The van der Waals surface area contributed by atoms with E-state index in [2.05, 4.69) is 32.9 Å². The van der Waals surface area contributed by atoms with Gasteiger partial charge in [0.25, 0.3) is 0 Å². The zero-order valence-electron chi connectivity index (χ0n) is 9.02. The van der Waals surface area contributed by atoms with Crippen molar-refractivity contribution in [3.63, 3.8) is 0 Å². The number of allylic oxidation sites excluding steroid dienone is 2. The van der Waals surface area contributed by atoms with Crippen LogP contribution >= 0.6 is 11.6 Å². The molecule has 0 saturated carbocycles. The van der Waals surface area contributed by atoms with Gasteiger partial charge in [0, 0.05) is 4.87 Å². The van der Waals surface area contributed by atoms with Crippen LogP contribution in [0.3, 0.4) is 0 Å². The van der Waals surface area contributed by atoms with Gasteiger partial charge in [-0.15, -0.1) is 11.6 Å². The van der Waals surface area contributed by atoms with Crippen molar-refractivity contribution < 1.29 is 0 Å². The Morgan fingerprint density at radius 3 is 2.69 bits per heavy atom. The van der Waals surface area contributed by atoms with Crippen molar-refractivity contribution in [1.29, 1.82) is 0 Å². The lowest BCUT2D eigenvalue weighted by Crippen LogP contribution is -2.21. The standard InChI is InChI=1S/C12H21Cl/c1-10(9-12(2,3)13)11-7-5-4-6-8-11/h5,7,10-11H,4,6,8-9H2,1-3H3. The van der Waals surface area contributed by atoms with Crippen LogP contribution in [-0.2, 0) is 0 Å². The third-order valence-corrected chi connectivity index (χ3v) is 2.98. The second-order valence-electron chi connectivity index (χ2n) is 4.92. The van der Waals surface area contributed by atoms with Crippen molar-refractivity contribution in [3.8, 4) is 0 Å². The summed E-state index contributed by atoms with van der Waals surface area (Å²) in [6.07, 6.45) is 9.80. The van der Waals surface area contributed by atoms with Gasteiger partial charge in [0.1, 0.15) is 0 Å². The molecule has 0 radical (unpaired) electrons.